The van der Waals surface area contributed by atoms with Gasteiger partial charge in [0.2, 0.25) is 0 Å². The van der Waals surface area contributed by atoms with E-state index in [0.29, 0.717) is 51.3 Å². The third-order valence-electron chi connectivity index (χ3n) is 4.55. The quantitative estimate of drug-likeness (QED) is 0.660. The van der Waals surface area contributed by atoms with Gasteiger partial charge in [0, 0.05) is 0 Å². The predicted molar refractivity (Wildman–Crippen MR) is 108 cm³/mol. The van der Waals surface area contributed by atoms with Crippen molar-refractivity contribution in [1.29, 1.82) is 0 Å². The summed E-state index contributed by atoms with van der Waals surface area (Å²) in [5, 5.41) is 10.4. The van der Waals surface area contributed by atoms with Crippen molar-refractivity contribution >= 4 is 28.5 Å². The Labute approximate surface area is 167 Å². The lowest BCUT2D eigenvalue weighted by Crippen LogP contribution is -2.26. The minimum Gasteiger partial charge on any atom is -0.462 e. The maximum Gasteiger partial charge on any atom is 0.338 e. The molecule has 0 saturated carbocycles. The summed E-state index contributed by atoms with van der Waals surface area (Å²) in [6.45, 7) is 5.26. The fourth-order valence-electron chi connectivity index (χ4n) is 3.31. The molecule has 0 radical (unpaired) electrons. The number of carbonyl (C=O) groups excluding carboxylic acids is 1. The van der Waals surface area contributed by atoms with Crippen LogP contribution in [0.1, 0.15) is 40.7 Å². The normalized spacial score (nSPS) is 11.0. The van der Waals surface area contributed by atoms with E-state index in [1.807, 2.05) is 6.92 Å². The summed E-state index contributed by atoms with van der Waals surface area (Å²) in [6.07, 6.45) is 0.706. The summed E-state index contributed by atoms with van der Waals surface area (Å²) in [5.74, 6) is -0.292. The first kappa shape index (κ1) is 20.0. The number of halogens is 1. The summed E-state index contributed by atoms with van der Waals surface area (Å²) in [6, 6.07) is 8.50. The van der Waals surface area contributed by atoms with Crippen LogP contribution in [0.4, 0.5) is 0 Å². The van der Waals surface area contributed by atoms with Gasteiger partial charge >= 0.3 is 5.97 Å². The van der Waals surface area contributed by atoms with E-state index >= 15 is 0 Å². The number of rotatable bonds is 5. The molecular formula is C21H21ClN2O4. The molecule has 1 N–H and O–H groups in total. The maximum atomic E-state index is 13.4. The molecule has 0 saturated heterocycles. The van der Waals surface area contributed by atoms with Gasteiger partial charge in [-0.3, -0.25) is 9.36 Å². The Morgan fingerprint density at radius 1 is 1.29 bits per heavy atom. The first-order valence-corrected chi connectivity index (χ1v) is 9.37. The van der Waals surface area contributed by atoms with Gasteiger partial charge in [0.05, 0.1) is 33.8 Å². The van der Waals surface area contributed by atoms with Crippen molar-refractivity contribution in [2.24, 2.45) is 0 Å². The average Bonchev–Trinajstić information content (AvgIpc) is 2.66. The van der Waals surface area contributed by atoms with Crippen molar-refractivity contribution in [3.8, 4) is 5.69 Å². The molecule has 1 heterocycles. The Kier molecular flexibility index (Phi) is 5.82. The van der Waals surface area contributed by atoms with Gasteiger partial charge in [-0.05, 0) is 49.6 Å². The summed E-state index contributed by atoms with van der Waals surface area (Å²) in [5.41, 5.74) is 1.96. The van der Waals surface area contributed by atoms with Gasteiger partial charge in [-0.15, -0.1) is 0 Å². The van der Waals surface area contributed by atoms with E-state index in [1.165, 1.54) is 4.57 Å². The molecule has 3 aromatic rings. The fourth-order valence-corrected chi connectivity index (χ4v) is 3.53. The van der Waals surface area contributed by atoms with Crippen LogP contribution < -0.4 is 5.56 Å². The summed E-state index contributed by atoms with van der Waals surface area (Å²) < 4.78 is 6.56. The zero-order valence-electron chi connectivity index (χ0n) is 16.0. The van der Waals surface area contributed by atoms with Gasteiger partial charge in [-0.1, -0.05) is 30.7 Å². The molecule has 0 unspecified atom stereocenters. The molecule has 7 heteroatoms. The molecule has 0 aliphatic rings. The van der Waals surface area contributed by atoms with Gasteiger partial charge in [0.25, 0.3) is 5.56 Å². The van der Waals surface area contributed by atoms with E-state index in [9.17, 15) is 14.7 Å². The second-order valence-electron chi connectivity index (χ2n) is 6.50. The van der Waals surface area contributed by atoms with Crippen molar-refractivity contribution in [1.82, 2.24) is 9.55 Å². The van der Waals surface area contributed by atoms with E-state index in [4.69, 9.17) is 16.3 Å². The number of aliphatic hydroxyl groups is 1. The Bertz CT molecular complexity index is 1120. The molecule has 0 aliphatic heterocycles. The lowest BCUT2D eigenvalue weighted by Gasteiger charge is -2.16. The number of benzene rings is 2. The number of ether oxygens (including phenoxy) is 1. The lowest BCUT2D eigenvalue weighted by molar-refractivity contribution is 0.0503. The number of aliphatic hydroxyl groups excluding tert-OH is 1. The molecule has 0 amide bonds. The minimum absolute atomic E-state index is 0.172. The van der Waals surface area contributed by atoms with Crippen molar-refractivity contribution in [3.63, 3.8) is 0 Å². The predicted octanol–water partition coefficient (Wildman–Crippen LogP) is 3.72. The third kappa shape index (κ3) is 3.41. The number of para-hydroxylation sites is 1. The monoisotopic (exact) mass is 400 g/mol. The Morgan fingerprint density at radius 3 is 2.64 bits per heavy atom. The van der Waals surface area contributed by atoms with Crippen molar-refractivity contribution in [2.45, 2.75) is 33.8 Å². The molecule has 1 aromatic heterocycles. The standard InChI is InChI=1S/C21H21ClN2O4/c1-4-9-28-21(27)18-12(2)10-15-19(13(18)3)20(26)24(17(11-25)23-15)16-8-6-5-7-14(16)22/h5-8,10,25H,4,9,11H2,1-3H3. The number of carbonyl (C=O) groups is 1. The highest BCUT2D eigenvalue weighted by atomic mass is 35.5. The molecular weight excluding hydrogens is 380 g/mol. The SMILES string of the molecule is CCCOC(=O)c1c(C)cc2nc(CO)n(-c3ccccc3Cl)c(=O)c2c1C. The van der Waals surface area contributed by atoms with Crippen LogP contribution in [0.25, 0.3) is 16.6 Å². The van der Waals surface area contributed by atoms with E-state index < -0.39 is 18.1 Å². The van der Waals surface area contributed by atoms with Crippen LogP contribution in [0.2, 0.25) is 5.02 Å². The molecule has 0 spiro atoms. The van der Waals surface area contributed by atoms with Crippen LogP contribution in [-0.2, 0) is 11.3 Å². The molecule has 0 atom stereocenters. The molecule has 0 bridgehead atoms. The summed E-state index contributed by atoms with van der Waals surface area (Å²) in [7, 11) is 0. The maximum absolute atomic E-state index is 13.4. The van der Waals surface area contributed by atoms with E-state index in [-0.39, 0.29) is 5.82 Å². The lowest BCUT2D eigenvalue weighted by atomic mass is 9.98. The van der Waals surface area contributed by atoms with Crippen LogP contribution in [0.3, 0.4) is 0 Å². The Morgan fingerprint density at radius 2 is 2.00 bits per heavy atom. The topological polar surface area (TPSA) is 81.4 Å². The number of hydrogen-bond acceptors (Lipinski definition) is 5. The number of nitrogens with zero attached hydrogens (tertiary/aromatic N) is 2. The van der Waals surface area contributed by atoms with E-state index in [2.05, 4.69) is 4.98 Å². The van der Waals surface area contributed by atoms with Crippen LogP contribution in [0, 0.1) is 13.8 Å². The number of esters is 1. The summed E-state index contributed by atoms with van der Waals surface area (Å²) >= 11 is 6.27. The highest BCUT2D eigenvalue weighted by Crippen LogP contribution is 2.25. The van der Waals surface area contributed by atoms with Gasteiger partial charge < -0.3 is 9.84 Å². The summed E-state index contributed by atoms with van der Waals surface area (Å²) in [4.78, 5) is 30.4. The van der Waals surface area contributed by atoms with Crippen molar-refractivity contribution < 1.29 is 14.6 Å². The molecule has 0 fully saturated rings. The second kappa shape index (κ2) is 8.12. The molecule has 6 nitrogen and oxygen atoms in total. The van der Waals surface area contributed by atoms with Crippen LogP contribution >= 0.6 is 11.6 Å². The molecule has 3 rings (SSSR count). The molecule has 146 valence electrons. The number of aromatic nitrogens is 2. The van der Waals surface area contributed by atoms with Crippen LogP contribution in [-0.4, -0.2) is 27.2 Å². The third-order valence-corrected chi connectivity index (χ3v) is 4.87. The van der Waals surface area contributed by atoms with Gasteiger partial charge in [-0.25, -0.2) is 9.78 Å². The average molecular weight is 401 g/mol. The molecule has 2 aromatic carbocycles. The smallest absolute Gasteiger partial charge is 0.338 e. The van der Waals surface area contributed by atoms with Gasteiger partial charge in [-0.2, -0.15) is 0 Å². The molecule has 28 heavy (non-hydrogen) atoms. The zero-order valence-corrected chi connectivity index (χ0v) is 16.7. The first-order valence-electron chi connectivity index (χ1n) is 8.99. The zero-order chi connectivity index (χ0) is 20.4. The second-order valence-corrected chi connectivity index (χ2v) is 6.91. The number of hydrogen-bond donors (Lipinski definition) is 1. The number of fused-ring (bicyclic) bond motifs is 1. The van der Waals surface area contributed by atoms with Crippen molar-refractivity contribution in [3.05, 3.63) is 68.2 Å². The molecule has 0 aliphatic carbocycles. The van der Waals surface area contributed by atoms with E-state index in [1.54, 1.807) is 44.2 Å². The largest absolute Gasteiger partial charge is 0.462 e. The minimum atomic E-state index is -0.464. The number of aryl methyl sites for hydroxylation is 2. The fraction of sp³-hybridized carbons (Fsp3) is 0.286. The highest BCUT2D eigenvalue weighted by molar-refractivity contribution is 6.32. The Hall–Kier alpha value is -2.70. The highest BCUT2D eigenvalue weighted by Gasteiger charge is 2.22. The van der Waals surface area contributed by atoms with Crippen LogP contribution in [0.15, 0.2) is 35.1 Å². The van der Waals surface area contributed by atoms with E-state index in [0.717, 1.165) is 0 Å². The van der Waals surface area contributed by atoms with Crippen molar-refractivity contribution in [2.75, 3.05) is 6.61 Å². The van der Waals surface area contributed by atoms with Gasteiger partial charge in [0.15, 0.2) is 0 Å². The first-order chi connectivity index (χ1) is 13.4. The van der Waals surface area contributed by atoms with Crippen LogP contribution in [0.5, 0.6) is 0 Å². The van der Waals surface area contributed by atoms with Gasteiger partial charge in [0.1, 0.15) is 12.4 Å². The Balaban J connectivity index is 2.36.